The van der Waals surface area contributed by atoms with Gasteiger partial charge >= 0.3 is 0 Å². The van der Waals surface area contributed by atoms with E-state index in [1.807, 2.05) is 29.2 Å². The molecule has 0 radical (unpaired) electrons. The maximum atomic E-state index is 12.9. The Balaban J connectivity index is 1.23. The molecule has 2 amide bonds. The number of nitrogens with zero attached hydrogens (tertiary/aromatic N) is 1. The standard InChI is InChI=1S/C22H31ClN4O2/c23-17-8-4-7-16(13-17)19-14-20(26-25-19)22(29)27-11-9-18(10-12-27)24-21(28)15-5-2-1-3-6-15/h4,7-8,13,15,18-20,25-26H,1-3,5-6,9-12,14H2,(H,24,28). The number of likely N-dealkylation sites (tertiary alicyclic amines) is 1. The second-order valence-electron chi connectivity index (χ2n) is 8.63. The molecule has 3 fully saturated rings. The molecule has 1 aliphatic carbocycles. The zero-order chi connectivity index (χ0) is 20.2. The molecule has 2 saturated heterocycles. The van der Waals surface area contributed by atoms with Gasteiger partial charge in [0.15, 0.2) is 0 Å². The summed E-state index contributed by atoms with van der Waals surface area (Å²) in [6, 6.07) is 7.80. The van der Waals surface area contributed by atoms with E-state index < -0.39 is 0 Å². The largest absolute Gasteiger partial charge is 0.353 e. The van der Waals surface area contributed by atoms with E-state index in [0.29, 0.717) is 24.5 Å². The normalized spacial score (nSPS) is 26.4. The highest BCUT2D eigenvalue weighted by Gasteiger charge is 2.35. The first-order valence-electron chi connectivity index (χ1n) is 11.0. The predicted octanol–water partition coefficient (Wildman–Crippen LogP) is 2.94. The van der Waals surface area contributed by atoms with Crippen molar-refractivity contribution in [1.82, 2.24) is 21.1 Å². The second-order valence-corrected chi connectivity index (χ2v) is 9.06. The molecular weight excluding hydrogens is 388 g/mol. The molecule has 7 heteroatoms. The van der Waals surface area contributed by atoms with Gasteiger partial charge < -0.3 is 10.2 Å². The fraction of sp³-hybridized carbons (Fsp3) is 0.636. The Labute approximate surface area is 177 Å². The highest BCUT2D eigenvalue weighted by Crippen LogP contribution is 2.27. The number of hydrogen-bond donors (Lipinski definition) is 3. The molecule has 3 N–H and O–H groups in total. The summed E-state index contributed by atoms with van der Waals surface area (Å²) >= 11 is 6.09. The van der Waals surface area contributed by atoms with Crippen LogP contribution in [0.15, 0.2) is 24.3 Å². The van der Waals surface area contributed by atoms with Crippen molar-refractivity contribution in [2.24, 2.45) is 5.92 Å². The molecule has 0 bridgehead atoms. The van der Waals surface area contributed by atoms with Gasteiger partial charge in [0.1, 0.15) is 6.04 Å². The average Bonchev–Trinajstić information content (AvgIpc) is 3.25. The number of nitrogens with one attached hydrogen (secondary N) is 3. The predicted molar refractivity (Wildman–Crippen MR) is 113 cm³/mol. The summed E-state index contributed by atoms with van der Waals surface area (Å²) in [5, 5.41) is 3.94. The van der Waals surface area contributed by atoms with Gasteiger partial charge in [0.25, 0.3) is 0 Å². The molecule has 6 nitrogen and oxygen atoms in total. The average molecular weight is 419 g/mol. The summed E-state index contributed by atoms with van der Waals surface area (Å²) in [6.45, 7) is 1.41. The molecule has 29 heavy (non-hydrogen) atoms. The van der Waals surface area contributed by atoms with Crippen LogP contribution >= 0.6 is 11.6 Å². The van der Waals surface area contributed by atoms with E-state index in [-0.39, 0.29) is 35.9 Å². The highest BCUT2D eigenvalue weighted by molar-refractivity contribution is 6.30. The molecule has 1 aromatic rings. The molecule has 0 aromatic heterocycles. The quantitative estimate of drug-likeness (QED) is 0.702. The summed E-state index contributed by atoms with van der Waals surface area (Å²) in [5.74, 6) is 0.556. The van der Waals surface area contributed by atoms with Crippen LogP contribution in [0.3, 0.4) is 0 Å². The van der Waals surface area contributed by atoms with E-state index in [2.05, 4.69) is 16.2 Å². The number of rotatable bonds is 4. The van der Waals surface area contributed by atoms with Crippen LogP contribution in [0.25, 0.3) is 0 Å². The van der Waals surface area contributed by atoms with Crippen LogP contribution in [-0.4, -0.2) is 41.9 Å². The fourth-order valence-electron chi connectivity index (χ4n) is 4.81. The third kappa shape index (κ3) is 5.11. The number of amides is 2. The number of halogens is 1. The Morgan fingerprint density at radius 1 is 1.03 bits per heavy atom. The van der Waals surface area contributed by atoms with Crippen molar-refractivity contribution in [1.29, 1.82) is 0 Å². The third-order valence-electron chi connectivity index (χ3n) is 6.58. The maximum Gasteiger partial charge on any atom is 0.241 e. The van der Waals surface area contributed by atoms with Crippen molar-refractivity contribution in [3.63, 3.8) is 0 Å². The second kappa shape index (κ2) is 9.45. The van der Waals surface area contributed by atoms with Crippen molar-refractivity contribution < 1.29 is 9.59 Å². The van der Waals surface area contributed by atoms with Crippen molar-refractivity contribution in [3.05, 3.63) is 34.9 Å². The van der Waals surface area contributed by atoms with E-state index in [1.165, 1.54) is 19.3 Å². The van der Waals surface area contributed by atoms with Crippen LogP contribution in [0, 0.1) is 5.92 Å². The number of hydrazine groups is 1. The molecule has 3 aliphatic rings. The van der Waals surface area contributed by atoms with Gasteiger partial charge in [-0.1, -0.05) is 43.0 Å². The number of hydrogen-bond acceptors (Lipinski definition) is 4. The Hall–Kier alpha value is -1.63. The monoisotopic (exact) mass is 418 g/mol. The zero-order valence-corrected chi connectivity index (χ0v) is 17.6. The van der Waals surface area contributed by atoms with Crippen molar-refractivity contribution in [2.75, 3.05) is 13.1 Å². The topological polar surface area (TPSA) is 73.5 Å². The summed E-state index contributed by atoms with van der Waals surface area (Å²) in [5.41, 5.74) is 7.47. The lowest BCUT2D eigenvalue weighted by atomic mass is 9.88. The molecule has 2 atom stereocenters. The summed E-state index contributed by atoms with van der Waals surface area (Å²) in [6.07, 6.45) is 8.02. The third-order valence-corrected chi connectivity index (χ3v) is 6.82. The Kier molecular flexibility index (Phi) is 6.73. The van der Waals surface area contributed by atoms with Crippen LogP contribution < -0.4 is 16.2 Å². The molecular formula is C22H31ClN4O2. The SMILES string of the molecule is O=C(NC1CCN(C(=O)C2CC(c3cccc(Cl)c3)NN2)CC1)C1CCCCC1. The molecule has 2 aliphatic heterocycles. The smallest absolute Gasteiger partial charge is 0.241 e. The lowest BCUT2D eigenvalue weighted by Crippen LogP contribution is -2.52. The van der Waals surface area contributed by atoms with Gasteiger partial charge in [0, 0.05) is 36.1 Å². The number of carbonyl (C=O) groups excluding carboxylic acids is 2. The van der Waals surface area contributed by atoms with Crippen LogP contribution in [0.5, 0.6) is 0 Å². The van der Waals surface area contributed by atoms with Crippen molar-refractivity contribution in [3.8, 4) is 0 Å². The van der Waals surface area contributed by atoms with Gasteiger partial charge in [0.05, 0.1) is 0 Å². The molecule has 1 aromatic carbocycles. The van der Waals surface area contributed by atoms with Crippen LogP contribution in [0.2, 0.25) is 5.02 Å². The molecule has 1 saturated carbocycles. The van der Waals surface area contributed by atoms with Crippen molar-refractivity contribution >= 4 is 23.4 Å². The molecule has 0 spiro atoms. The number of piperidine rings is 1. The van der Waals surface area contributed by atoms with Gasteiger partial charge in [0.2, 0.25) is 11.8 Å². The molecule has 2 unspecified atom stereocenters. The van der Waals surface area contributed by atoms with E-state index in [1.54, 1.807) is 0 Å². The number of benzene rings is 1. The van der Waals surface area contributed by atoms with Crippen LogP contribution in [0.1, 0.15) is 63.0 Å². The first-order chi connectivity index (χ1) is 14.1. The van der Waals surface area contributed by atoms with Gasteiger partial charge in [-0.05, 0) is 49.8 Å². The van der Waals surface area contributed by atoms with Crippen molar-refractivity contribution in [2.45, 2.75) is 69.5 Å². The Bertz CT molecular complexity index is 729. The van der Waals surface area contributed by atoms with E-state index in [4.69, 9.17) is 11.6 Å². The fourth-order valence-corrected chi connectivity index (χ4v) is 5.01. The zero-order valence-electron chi connectivity index (χ0n) is 16.8. The maximum absolute atomic E-state index is 12.9. The summed E-state index contributed by atoms with van der Waals surface area (Å²) in [7, 11) is 0. The molecule has 2 heterocycles. The minimum atomic E-state index is -0.229. The molecule has 158 valence electrons. The Morgan fingerprint density at radius 3 is 2.52 bits per heavy atom. The van der Waals surface area contributed by atoms with Gasteiger partial charge in [-0.25, -0.2) is 10.9 Å². The molecule has 4 rings (SSSR count). The highest BCUT2D eigenvalue weighted by atomic mass is 35.5. The van der Waals surface area contributed by atoms with Gasteiger partial charge in [-0.3, -0.25) is 9.59 Å². The van der Waals surface area contributed by atoms with Crippen LogP contribution in [-0.2, 0) is 9.59 Å². The number of carbonyl (C=O) groups is 2. The van der Waals surface area contributed by atoms with E-state index in [0.717, 1.165) is 31.2 Å². The minimum absolute atomic E-state index is 0.0787. The minimum Gasteiger partial charge on any atom is -0.353 e. The summed E-state index contributed by atoms with van der Waals surface area (Å²) < 4.78 is 0. The van der Waals surface area contributed by atoms with Gasteiger partial charge in [-0.2, -0.15) is 0 Å². The first-order valence-corrected chi connectivity index (χ1v) is 11.3. The first kappa shape index (κ1) is 20.6. The van der Waals surface area contributed by atoms with Gasteiger partial charge in [-0.15, -0.1) is 0 Å². The van der Waals surface area contributed by atoms with E-state index in [9.17, 15) is 9.59 Å². The lowest BCUT2D eigenvalue weighted by Gasteiger charge is -2.34. The van der Waals surface area contributed by atoms with Crippen LogP contribution in [0.4, 0.5) is 0 Å². The summed E-state index contributed by atoms with van der Waals surface area (Å²) in [4.78, 5) is 27.3. The Morgan fingerprint density at radius 2 is 1.79 bits per heavy atom. The van der Waals surface area contributed by atoms with E-state index >= 15 is 0 Å². The lowest BCUT2D eigenvalue weighted by molar-refractivity contribution is -0.134.